The van der Waals surface area contributed by atoms with Crippen LogP contribution in [0.2, 0.25) is 0 Å². The average Bonchev–Trinajstić information content (AvgIpc) is 2.75. The molecule has 1 aliphatic heterocycles. The molecule has 0 saturated carbocycles. The van der Waals surface area contributed by atoms with E-state index in [0.29, 0.717) is 5.89 Å². The van der Waals surface area contributed by atoms with E-state index < -0.39 is 0 Å². The van der Waals surface area contributed by atoms with Gasteiger partial charge in [0.25, 0.3) is 0 Å². The van der Waals surface area contributed by atoms with E-state index in [4.69, 9.17) is 14.9 Å². The van der Waals surface area contributed by atoms with Gasteiger partial charge in [-0.1, -0.05) is 0 Å². The molecule has 1 fully saturated rings. The Balaban J connectivity index is 2.12. The summed E-state index contributed by atoms with van der Waals surface area (Å²) < 4.78 is 10.7. The average molecular weight is 182 g/mol. The number of hydrogen-bond donors (Lipinski definition) is 1. The summed E-state index contributed by atoms with van der Waals surface area (Å²) in [5.74, 6) is 0.671. The third-order valence-electron chi connectivity index (χ3n) is 2.21. The monoisotopic (exact) mass is 182 g/mol. The van der Waals surface area contributed by atoms with Gasteiger partial charge in [-0.2, -0.15) is 0 Å². The Kier molecular flexibility index (Phi) is 2.33. The minimum Gasteiger partial charge on any atom is -0.446 e. The van der Waals surface area contributed by atoms with Crippen molar-refractivity contribution in [3.8, 4) is 0 Å². The molecule has 2 heterocycles. The zero-order valence-electron chi connectivity index (χ0n) is 7.69. The van der Waals surface area contributed by atoms with Gasteiger partial charge in [-0.15, -0.1) is 0 Å². The van der Waals surface area contributed by atoms with Crippen molar-refractivity contribution in [2.75, 3.05) is 6.61 Å². The fourth-order valence-electron chi connectivity index (χ4n) is 1.43. The maximum absolute atomic E-state index is 5.66. The van der Waals surface area contributed by atoms with E-state index in [0.717, 1.165) is 25.1 Å². The zero-order valence-corrected chi connectivity index (χ0v) is 7.69. The predicted molar refractivity (Wildman–Crippen MR) is 47.0 cm³/mol. The molecule has 0 bridgehead atoms. The molecule has 0 aliphatic carbocycles. The maximum Gasteiger partial charge on any atom is 0.223 e. The van der Waals surface area contributed by atoms with E-state index in [-0.39, 0.29) is 12.1 Å². The Labute approximate surface area is 77.1 Å². The van der Waals surface area contributed by atoms with Crippen LogP contribution in [0.15, 0.2) is 10.7 Å². The van der Waals surface area contributed by atoms with Crippen molar-refractivity contribution in [2.24, 2.45) is 5.73 Å². The van der Waals surface area contributed by atoms with Gasteiger partial charge in [-0.3, -0.25) is 0 Å². The van der Waals surface area contributed by atoms with Crippen LogP contribution >= 0.6 is 0 Å². The summed E-state index contributed by atoms with van der Waals surface area (Å²) in [7, 11) is 0. The lowest BCUT2D eigenvalue weighted by molar-refractivity contribution is 0.0892. The zero-order chi connectivity index (χ0) is 9.26. The predicted octanol–water partition coefficient (Wildman–Crippen LogP) is 1.55. The first kappa shape index (κ1) is 8.72. The lowest BCUT2D eigenvalue weighted by Gasteiger charge is -2.02. The molecule has 0 amide bonds. The van der Waals surface area contributed by atoms with E-state index in [2.05, 4.69) is 4.98 Å². The molecule has 0 radical (unpaired) electrons. The van der Waals surface area contributed by atoms with Crippen LogP contribution in [-0.2, 0) is 4.74 Å². The van der Waals surface area contributed by atoms with E-state index in [1.54, 1.807) is 6.26 Å². The Morgan fingerprint density at radius 2 is 2.54 bits per heavy atom. The van der Waals surface area contributed by atoms with Crippen LogP contribution in [0, 0.1) is 0 Å². The summed E-state index contributed by atoms with van der Waals surface area (Å²) in [4.78, 5) is 4.28. The summed E-state index contributed by atoms with van der Waals surface area (Å²) in [6, 6.07) is -0.0705. The lowest BCUT2D eigenvalue weighted by Crippen LogP contribution is -2.05. The summed E-state index contributed by atoms with van der Waals surface area (Å²) in [5.41, 5.74) is 6.46. The Morgan fingerprint density at radius 3 is 3.08 bits per heavy atom. The number of oxazole rings is 1. The van der Waals surface area contributed by atoms with Crippen molar-refractivity contribution >= 4 is 0 Å². The quantitative estimate of drug-likeness (QED) is 0.753. The van der Waals surface area contributed by atoms with E-state index in [1.165, 1.54) is 0 Å². The van der Waals surface area contributed by atoms with Crippen molar-refractivity contribution in [3.63, 3.8) is 0 Å². The van der Waals surface area contributed by atoms with Gasteiger partial charge in [0.2, 0.25) is 5.89 Å². The second kappa shape index (κ2) is 3.47. The summed E-state index contributed by atoms with van der Waals surface area (Å²) in [5, 5.41) is 0. The second-order valence-corrected chi connectivity index (χ2v) is 3.40. The first-order valence-electron chi connectivity index (χ1n) is 4.60. The van der Waals surface area contributed by atoms with E-state index >= 15 is 0 Å². The molecule has 4 heteroatoms. The molecule has 2 unspecified atom stereocenters. The molecular weight excluding hydrogens is 168 g/mol. The van der Waals surface area contributed by atoms with Gasteiger partial charge in [-0.25, -0.2) is 4.98 Å². The van der Waals surface area contributed by atoms with Crippen molar-refractivity contribution in [2.45, 2.75) is 31.9 Å². The highest BCUT2D eigenvalue weighted by Gasteiger charge is 2.22. The number of nitrogens with two attached hydrogens (primary N) is 1. The molecular formula is C9H14N2O2. The lowest BCUT2D eigenvalue weighted by atomic mass is 10.2. The Bertz CT molecular complexity index is 277. The Morgan fingerprint density at radius 1 is 1.69 bits per heavy atom. The molecule has 0 spiro atoms. The summed E-state index contributed by atoms with van der Waals surface area (Å²) in [6.07, 6.45) is 3.74. The molecule has 0 aromatic carbocycles. The maximum atomic E-state index is 5.66. The molecule has 1 aromatic rings. The third kappa shape index (κ3) is 1.73. The molecule has 2 rings (SSSR count). The normalized spacial score (nSPS) is 24.9. The van der Waals surface area contributed by atoms with E-state index in [1.807, 2.05) is 6.92 Å². The molecule has 4 nitrogen and oxygen atoms in total. The largest absolute Gasteiger partial charge is 0.446 e. The van der Waals surface area contributed by atoms with Gasteiger partial charge in [0.15, 0.2) is 0 Å². The first-order chi connectivity index (χ1) is 6.27. The highest BCUT2D eigenvalue weighted by molar-refractivity contribution is 5.03. The second-order valence-electron chi connectivity index (χ2n) is 3.40. The van der Waals surface area contributed by atoms with Crippen LogP contribution in [0.25, 0.3) is 0 Å². The standard InChI is InChI=1S/C9H14N2O2/c1-6(10)7-5-13-9(11-7)8-3-2-4-12-8/h5-6,8H,2-4,10H2,1H3. The number of rotatable bonds is 2. The molecule has 1 saturated heterocycles. The SMILES string of the molecule is CC(N)c1coc(C2CCCO2)n1. The number of nitrogens with zero attached hydrogens (tertiary/aromatic N) is 1. The van der Waals surface area contributed by atoms with Crippen LogP contribution in [0.4, 0.5) is 0 Å². The van der Waals surface area contributed by atoms with Crippen molar-refractivity contribution < 1.29 is 9.15 Å². The third-order valence-corrected chi connectivity index (χ3v) is 2.21. The van der Waals surface area contributed by atoms with Crippen LogP contribution in [0.1, 0.15) is 43.5 Å². The van der Waals surface area contributed by atoms with Crippen molar-refractivity contribution in [1.82, 2.24) is 4.98 Å². The molecule has 72 valence electrons. The van der Waals surface area contributed by atoms with Gasteiger partial charge in [0, 0.05) is 12.6 Å². The first-order valence-corrected chi connectivity index (χ1v) is 4.60. The van der Waals surface area contributed by atoms with Crippen LogP contribution in [-0.4, -0.2) is 11.6 Å². The summed E-state index contributed by atoms with van der Waals surface area (Å²) >= 11 is 0. The molecule has 2 atom stereocenters. The molecule has 13 heavy (non-hydrogen) atoms. The fraction of sp³-hybridized carbons (Fsp3) is 0.667. The van der Waals surface area contributed by atoms with Gasteiger partial charge in [0.1, 0.15) is 12.4 Å². The minimum atomic E-state index is -0.0705. The van der Waals surface area contributed by atoms with Gasteiger partial charge < -0.3 is 14.9 Å². The van der Waals surface area contributed by atoms with Gasteiger partial charge in [-0.05, 0) is 19.8 Å². The van der Waals surface area contributed by atoms with Gasteiger partial charge in [0.05, 0.1) is 5.69 Å². The molecule has 1 aliphatic rings. The smallest absolute Gasteiger partial charge is 0.223 e. The van der Waals surface area contributed by atoms with Crippen LogP contribution in [0.3, 0.4) is 0 Å². The Hall–Kier alpha value is -0.870. The van der Waals surface area contributed by atoms with Crippen LogP contribution < -0.4 is 5.73 Å². The highest BCUT2D eigenvalue weighted by atomic mass is 16.5. The van der Waals surface area contributed by atoms with Crippen molar-refractivity contribution in [3.05, 3.63) is 17.8 Å². The van der Waals surface area contributed by atoms with Crippen molar-refractivity contribution in [1.29, 1.82) is 0 Å². The van der Waals surface area contributed by atoms with Gasteiger partial charge >= 0.3 is 0 Å². The topological polar surface area (TPSA) is 61.3 Å². The highest BCUT2D eigenvalue weighted by Crippen LogP contribution is 2.28. The molecule has 2 N–H and O–H groups in total. The molecule has 1 aromatic heterocycles. The fourth-order valence-corrected chi connectivity index (χ4v) is 1.43. The minimum absolute atomic E-state index is 0.0486. The number of ether oxygens (including phenoxy) is 1. The number of hydrogen-bond acceptors (Lipinski definition) is 4. The van der Waals surface area contributed by atoms with E-state index in [9.17, 15) is 0 Å². The van der Waals surface area contributed by atoms with Crippen LogP contribution in [0.5, 0.6) is 0 Å². The summed E-state index contributed by atoms with van der Waals surface area (Å²) in [6.45, 7) is 2.69. The number of aromatic nitrogens is 1.